The number of nitrogens with two attached hydrogens (primary N) is 1. The molecule has 0 spiro atoms. The van der Waals surface area contributed by atoms with Gasteiger partial charge >= 0.3 is 0 Å². The van der Waals surface area contributed by atoms with Crippen LogP contribution in [-0.4, -0.2) is 24.0 Å². The largest absolute Gasteiger partial charge is 0.330 e. The number of nitrogens with zero attached hydrogens (tertiary/aromatic N) is 1. The van der Waals surface area contributed by atoms with Gasteiger partial charge in [-0.2, -0.15) is 0 Å². The molecule has 0 saturated carbocycles. The third-order valence-electron chi connectivity index (χ3n) is 3.81. The lowest BCUT2D eigenvalue weighted by molar-refractivity contribution is 0.113. The van der Waals surface area contributed by atoms with E-state index in [-0.39, 0.29) is 0 Å². The predicted octanol–water partition coefficient (Wildman–Crippen LogP) is 3.55. The molecule has 0 aromatic heterocycles. The molecular weight excluding hydrogens is 267 g/mol. The monoisotopic (exact) mass is 286 g/mol. The molecule has 1 aliphatic heterocycles. The van der Waals surface area contributed by atoms with Gasteiger partial charge in [-0.3, -0.25) is 4.90 Å². The van der Waals surface area contributed by atoms with Gasteiger partial charge in [0.25, 0.3) is 0 Å². The first-order valence-electron chi connectivity index (χ1n) is 6.48. The van der Waals surface area contributed by atoms with Gasteiger partial charge in [-0.05, 0) is 49.9 Å². The number of benzene rings is 1. The van der Waals surface area contributed by atoms with Crippen molar-refractivity contribution in [1.82, 2.24) is 4.90 Å². The Bertz CT molecular complexity index is 409. The van der Waals surface area contributed by atoms with Crippen molar-refractivity contribution in [3.8, 4) is 0 Å². The molecule has 0 radical (unpaired) electrons. The molecule has 2 rings (SSSR count). The number of hydrogen-bond acceptors (Lipinski definition) is 2. The first-order valence-corrected chi connectivity index (χ1v) is 7.23. The highest BCUT2D eigenvalue weighted by molar-refractivity contribution is 6.42. The minimum atomic E-state index is 0.613. The summed E-state index contributed by atoms with van der Waals surface area (Å²) in [7, 11) is 0. The molecule has 1 aromatic rings. The van der Waals surface area contributed by atoms with E-state index in [0.717, 1.165) is 19.6 Å². The standard InChI is InChI=1S/C14H20Cl2N2/c1-10-2-3-12(7-17)9-18(10)8-11-4-5-13(15)14(16)6-11/h4-6,10,12H,2-3,7-9,17H2,1H3. The lowest BCUT2D eigenvalue weighted by Gasteiger charge is -2.37. The van der Waals surface area contributed by atoms with Crippen molar-refractivity contribution in [2.75, 3.05) is 13.1 Å². The van der Waals surface area contributed by atoms with Crippen molar-refractivity contribution < 1.29 is 0 Å². The number of likely N-dealkylation sites (tertiary alicyclic amines) is 1. The smallest absolute Gasteiger partial charge is 0.0595 e. The normalized spacial score (nSPS) is 25.3. The van der Waals surface area contributed by atoms with Gasteiger partial charge in [0.15, 0.2) is 0 Å². The summed E-state index contributed by atoms with van der Waals surface area (Å²) >= 11 is 12.0. The molecule has 100 valence electrons. The summed E-state index contributed by atoms with van der Waals surface area (Å²) in [6, 6.07) is 6.49. The van der Waals surface area contributed by atoms with E-state index in [1.54, 1.807) is 0 Å². The van der Waals surface area contributed by atoms with Crippen LogP contribution in [0.2, 0.25) is 10.0 Å². The minimum Gasteiger partial charge on any atom is -0.330 e. The van der Waals surface area contributed by atoms with E-state index >= 15 is 0 Å². The molecule has 1 heterocycles. The van der Waals surface area contributed by atoms with Crippen molar-refractivity contribution in [2.24, 2.45) is 11.7 Å². The fourth-order valence-electron chi connectivity index (χ4n) is 2.55. The lowest BCUT2D eigenvalue weighted by atomic mass is 9.93. The van der Waals surface area contributed by atoms with Crippen LogP contribution in [0.25, 0.3) is 0 Å². The Morgan fingerprint density at radius 3 is 2.72 bits per heavy atom. The maximum atomic E-state index is 6.05. The Morgan fingerprint density at radius 1 is 1.28 bits per heavy atom. The second-order valence-electron chi connectivity index (χ2n) is 5.21. The van der Waals surface area contributed by atoms with E-state index in [0.29, 0.717) is 22.0 Å². The van der Waals surface area contributed by atoms with Crippen molar-refractivity contribution in [3.63, 3.8) is 0 Å². The molecule has 2 N–H and O–H groups in total. The lowest BCUT2D eigenvalue weighted by Crippen LogP contribution is -2.43. The number of rotatable bonds is 3. The molecule has 0 amide bonds. The number of hydrogen-bond donors (Lipinski definition) is 1. The van der Waals surface area contributed by atoms with Crippen LogP contribution in [0.3, 0.4) is 0 Å². The highest BCUT2D eigenvalue weighted by atomic mass is 35.5. The molecule has 4 heteroatoms. The van der Waals surface area contributed by atoms with Crippen molar-refractivity contribution in [1.29, 1.82) is 0 Å². The maximum Gasteiger partial charge on any atom is 0.0595 e. The van der Waals surface area contributed by atoms with Gasteiger partial charge < -0.3 is 5.73 Å². The van der Waals surface area contributed by atoms with Gasteiger partial charge in [-0.15, -0.1) is 0 Å². The molecule has 1 aromatic carbocycles. The van der Waals surface area contributed by atoms with Crippen molar-refractivity contribution in [3.05, 3.63) is 33.8 Å². The average molecular weight is 287 g/mol. The number of halogens is 2. The fraction of sp³-hybridized carbons (Fsp3) is 0.571. The highest BCUT2D eigenvalue weighted by Crippen LogP contribution is 2.26. The maximum absolute atomic E-state index is 6.05. The van der Waals surface area contributed by atoms with E-state index in [4.69, 9.17) is 28.9 Å². The zero-order valence-electron chi connectivity index (χ0n) is 10.7. The van der Waals surface area contributed by atoms with E-state index < -0.39 is 0 Å². The SMILES string of the molecule is CC1CCC(CN)CN1Cc1ccc(Cl)c(Cl)c1. The molecule has 2 unspecified atom stereocenters. The zero-order chi connectivity index (χ0) is 13.1. The van der Waals surface area contributed by atoms with E-state index in [2.05, 4.69) is 11.8 Å². The van der Waals surface area contributed by atoms with Gasteiger partial charge in [-0.1, -0.05) is 29.3 Å². The number of piperidine rings is 1. The zero-order valence-corrected chi connectivity index (χ0v) is 12.2. The molecule has 1 aliphatic rings. The molecule has 2 atom stereocenters. The Hall–Kier alpha value is -0.280. The Kier molecular flexibility index (Phi) is 4.91. The van der Waals surface area contributed by atoms with Crippen LogP contribution in [0.4, 0.5) is 0 Å². The molecule has 0 bridgehead atoms. The second-order valence-corrected chi connectivity index (χ2v) is 6.02. The van der Waals surface area contributed by atoms with E-state index in [1.807, 2.05) is 18.2 Å². The summed E-state index contributed by atoms with van der Waals surface area (Å²) < 4.78 is 0. The van der Waals surface area contributed by atoms with Crippen molar-refractivity contribution in [2.45, 2.75) is 32.4 Å². The molecule has 2 nitrogen and oxygen atoms in total. The summed E-state index contributed by atoms with van der Waals surface area (Å²) in [5.41, 5.74) is 7.00. The van der Waals surface area contributed by atoms with Crippen LogP contribution in [-0.2, 0) is 6.54 Å². The summed E-state index contributed by atoms with van der Waals surface area (Å²) in [4.78, 5) is 2.49. The molecule has 1 saturated heterocycles. The molecule has 1 fully saturated rings. The topological polar surface area (TPSA) is 29.3 Å². The van der Waals surface area contributed by atoms with Gasteiger partial charge in [0.05, 0.1) is 10.0 Å². The van der Waals surface area contributed by atoms with Crippen molar-refractivity contribution >= 4 is 23.2 Å². The first kappa shape index (κ1) is 14.1. The van der Waals surface area contributed by atoms with Gasteiger partial charge in [0.2, 0.25) is 0 Å². The van der Waals surface area contributed by atoms with Gasteiger partial charge in [-0.25, -0.2) is 0 Å². The fourth-order valence-corrected chi connectivity index (χ4v) is 2.87. The van der Waals surface area contributed by atoms with Crippen LogP contribution in [0.5, 0.6) is 0 Å². The van der Waals surface area contributed by atoms with Crippen LogP contribution >= 0.6 is 23.2 Å². The molecule has 0 aliphatic carbocycles. The summed E-state index contributed by atoms with van der Waals surface area (Å²) in [5, 5.41) is 1.25. The summed E-state index contributed by atoms with van der Waals surface area (Å²) in [5.74, 6) is 0.629. The van der Waals surface area contributed by atoms with Crippen LogP contribution < -0.4 is 5.73 Å². The Labute approximate surface area is 119 Å². The average Bonchev–Trinajstić information content (AvgIpc) is 2.36. The predicted molar refractivity (Wildman–Crippen MR) is 78.1 cm³/mol. The second kappa shape index (κ2) is 6.25. The Morgan fingerprint density at radius 2 is 2.06 bits per heavy atom. The van der Waals surface area contributed by atoms with Gasteiger partial charge in [0.1, 0.15) is 0 Å². The van der Waals surface area contributed by atoms with Gasteiger partial charge in [0, 0.05) is 19.1 Å². The summed E-state index contributed by atoms with van der Waals surface area (Å²) in [6.07, 6.45) is 2.47. The Balaban J connectivity index is 2.04. The third kappa shape index (κ3) is 3.39. The van der Waals surface area contributed by atoms with Crippen LogP contribution in [0.1, 0.15) is 25.3 Å². The van der Waals surface area contributed by atoms with Crippen LogP contribution in [0.15, 0.2) is 18.2 Å². The quantitative estimate of drug-likeness (QED) is 0.921. The molecular formula is C14H20Cl2N2. The van der Waals surface area contributed by atoms with E-state index in [9.17, 15) is 0 Å². The highest BCUT2D eigenvalue weighted by Gasteiger charge is 2.24. The third-order valence-corrected chi connectivity index (χ3v) is 4.55. The minimum absolute atomic E-state index is 0.613. The first-order chi connectivity index (χ1) is 8.60. The summed E-state index contributed by atoms with van der Waals surface area (Å²) in [6.45, 7) is 5.07. The molecule has 18 heavy (non-hydrogen) atoms. The van der Waals surface area contributed by atoms with Crippen LogP contribution in [0, 0.1) is 5.92 Å². The van der Waals surface area contributed by atoms with E-state index in [1.165, 1.54) is 18.4 Å².